The molecule has 2 aromatic heterocycles. The van der Waals surface area contributed by atoms with Crippen molar-refractivity contribution in [1.29, 1.82) is 0 Å². The van der Waals surface area contributed by atoms with Gasteiger partial charge >= 0.3 is 23.3 Å². The van der Waals surface area contributed by atoms with Crippen LogP contribution in [0.2, 0.25) is 0 Å². The molecule has 0 radical (unpaired) electrons. The highest BCUT2D eigenvalue weighted by Crippen LogP contribution is 2.46. The summed E-state index contributed by atoms with van der Waals surface area (Å²) in [6.07, 6.45) is 0. The van der Waals surface area contributed by atoms with Crippen molar-refractivity contribution in [3.8, 4) is 22.3 Å². The molecule has 5 aromatic rings. The topological polar surface area (TPSA) is 230 Å². The zero-order valence-electron chi connectivity index (χ0n) is 17.6. The number of nitrogens with one attached hydrogen (secondary N) is 2. The lowest BCUT2D eigenvalue weighted by Gasteiger charge is -2.11. The third-order valence-corrected chi connectivity index (χ3v) is 5.57. The second-order valence-corrected chi connectivity index (χ2v) is 7.48. The molecule has 0 amide bonds. The Labute approximate surface area is 196 Å². The fourth-order valence-corrected chi connectivity index (χ4v) is 4.16. The molecule has 0 spiro atoms. The second kappa shape index (κ2) is 7.90. The van der Waals surface area contributed by atoms with Crippen LogP contribution in [0.3, 0.4) is 0 Å². The van der Waals surface area contributed by atoms with Gasteiger partial charge in [0, 0.05) is 5.56 Å². The van der Waals surface area contributed by atoms with E-state index >= 15 is 0 Å². The van der Waals surface area contributed by atoms with E-state index in [4.69, 9.17) is 0 Å². The molecular weight excluding hydrogens is 480 g/mol. The largest absolute Gasteiger partial charge is 0.428 e. The van der Waals surface area contributed by atoms with Gasteiger partial charge in [-0.05, 0) is 69.1 Å². The molecule has 0 saturated carbocycles. The third kappa shape index (κ3) is 3.24. The van der Waals surface area contributed by atoms with E-state index in [9.17, 15) is 40.5 Å². The van der Waals surface area contributed by atoms with Crippen molar-refractivity contribution in [2.45, 2.75) is 0 Å². The van der Waals surface area contributed by atoms with Crippen molar-refractivity contribution in [1.82, 2.24) is 20.4 Å². The quantitative estimate of drug-likeness (QED) is 0.193. The summed E-state index contributed by atoms with van der Waals surface area (Å²) in [5, 5.41) is 59.2. The van der Waals surface area contributed by atoms with E-state index in [1.807, 2.05) is 5.10 Å². The summed E-state index contributed by atoms with van der Waals surface area (Å²) < 4.78 is 0. The van der Waals surface area contributed by atoms with Gasteiger partial charge in [-0.3, -0.25) is 0 Å². The third-order valence-electron chi connectivity index (χ3n) is 5.57. The summed E-state index contributed by atoms with van der Waals surface area (Å²) in [4.78, 5) is 43.0. The number of aromatic amines is 2. The molecule has 0 unspecified atom stereocenters. The van der Waals surface area contributed by atoms with E-state index < -0.39 is 54.1 Å². The van der Waals surface area contributed by atoms with Crippen molar-refractivity contribution in [3.05, 3.63) is 89.0 Å². The van der Waals surface area contributed by atoms with Gasteiger partial charge < -0.3 is 40.5 Å². The maximum absolute atomic E-state index is 11.7. The molecule has 0 aliphatic rings. The van der Waals surface area contributed by atoms with Crippen LogP contribution in [0.25, 0.3) is 43.8 Å². The van der Waals surface area contributed by atoms with Crippen LogP contribution in [0.5, 0.6) is 0 Å². The molecule has 0 saturated heterocycles. The van der Waals surface area contributed by atoms with Gasteiger partial charge in [0.15, 0.2) is 11.1 Å². The monoisotopic (exact) mass is 490 g/mol. The summed E-state index contributed by atoms with van der Waals surface area (Å²) >= 11 is 0. The minimum atomic E-state index is -0.893. The zero-order chi connectivity index (χ0) is 25.7. The van der Waals surface area contributed by atoms with Crippen LogP contribution in [-0.4, -0.2) is 40.1 Å². The van der Waals surface area contributed by atoms with Crippen LogP contribution in [0, 0.1) is 40.5 Å². The molecule has 2 heterocycles. The maximum Gasteiger partial charge on any atom is 0.428 e. The Balaban J connectivity index is 1.95. The first kappa shape index (κ1) is 22.0. The Hall–Kier alpha value is -5.80. The Kier molecular flexibility index (Phi) is 4.83. The molecule has 178 valence electrons. The number of nitrogens with zero attached hydrogens (tertiary/aromatic N) is 6. The highest BCUT2D eigenvalue weighted by atomic mass is 16.6. The van der Waals surface area contributed by atoms with Gasteiger partial charge in [-0.1, -0.05) is 36.4 Å². The Morgan fingerprint density at radius 3 is 1.75 bits per heavy atom. The first-order valence-electron chi connectivity index (χ1n) is 9.89. The highest BCUT2D eigenvalue weighted by molar-refractivity contribution is 6.15. The van der Waals surface area contributed by atoms with Gasteiger partial charge in [-0.25, -0.2) is 0 Å². The zero-order valence-corrected chi connectivity index (χ0v) is 17.6. The summed E-state index contributed by atoms with van der Waals surface area (Å²) in [6.45, 7) is 0. The standard InChI is InChI=1S/C20H10N8O8/c29-25(30)17-14(18(22-21-17)26(31)32)11-6-5-10-7-9-3-1-2-4-12(9)15(13(10)8-11)16-19(27(33)34)23-24-20(16)28(35)36/h1-8H,(H,21,22)(H,23,24). The SMILES string of the molecule is O=[N+]([O-])c1n[nH]c([N+](=O)[O-])c1-c1ccc2cc3ccccc3c(-c3c([N+](=O)[O-])n[nH]c3[N+](=O)[O-])c2c1. The predicted molar refractivity (Wildman–Crippen MR) is 123 cm³/mol. The molecule has 0 bridgehead atoms. The van der Waals surface area contributed by atoms with E-state index in [0.717, 1.165) is 0 Å². The number of nitro groups is 4. The molecule has 5 rings (SSSR count). The van der Waals surface area contributed by atoms with Gasteiger partial charge in [0.1, 0.15) is 10.2 Å². The summed E-state index contributed by atoms with van der Waals surface area (Å²) in [5.41, 5.74) is -0.756. The van der Waals surface area contributed by atoms with Crippen molar-refractivity contribution in [2.24, 2.45) is 0 Å². The van der Waals surface area contributed by atoms with E-state index in [2.05, 4.69) is 15.3 Å². The summed E-state index contributed by atoms with van der Waals surface area (Å²) in [7, 11) is 0. The van der Waals surface area contributed by atoms with Gasteiger partial charge in [-0.15, -0.1) is 0 Å². The maximum atomic E-state index is 11.7. The second-order valence-electron chi connectivity index (χ2n) is 7.48. The number of H-pyrrole nitrogens is 2. The lowest BCUT2D eigenvalue weighted by Crippen LogP contribution is -1.96. The van der Waals surface area contributed by atoms with Crippen LogP contribution >= 0.6 is 0 Å². The predicted octanol–water partition coefficient (Wildman–Crippen LogP) is 4.41. The van der Waals surface area contributed by atoms with Crippen LogP contribution < -0.4 is 0 Å². The van der Waals surface area contributed by atoms with Gasteiger partial charge in [0.05, 0.1) is 0 Å². The van der Waals surface area contributed by atoms with Crippen molar-refractivity contribution in [3.63, 3.8) is 0 Å². The van der Waals surface area contributed by atoms with E-state index in [-0.39, 0.29) is 16.5 Å². The molecule has 0 aliphatic carbocycles. The van der Waals surface area contributed by atoms with Gasteiger partial charge in [-0.2, -0.15) is 0 Å². The fourth-order valence-electron chi connectivity index (χ4n) is 4.16. The highest BCUT2D eigenvalue weighted by Gasteiger charge is 2.36. The molecule has 0 atom stereocenters. The number of benzene rings is 3. The average Bonchev–Trinajstić information content (AvgIpc) is 3.47. The fraction of sp³-hybridized carbons (Fsp3) is 0. The van der Waals surface area contributed by atoms with Crippen molar-refractivity contribution >= 4 is 44.8 Å². The summed E-state index contributed by atoms with van der Waals surface area (Å²) in [5.74, 6) is -3.07. The first-order chi connectivity index (χ1) is 17.2. The Morgan fingerprint density at radius 1 is 0.583 bits per heavy atom. The smallest absolute Gasteiger partial charge is 0.358 e. The number of hydrogen-bond acceptors (Lipinski definition) is 10. The van der Waals surface area contributed by atoms with Crippen LogP contribution in [0.4, 0.5) is 23.3 Å². The van der Waals surface area contributed by atoms with Gasteiger partial charge in [0.25, 0.3) is 0 Å². The molecule has 3 aromatic carbocycles. The van der Waals surface area contributed by atoms with Crippen molar-refractivity contribution < 1.29 is 19.7 Å². The molecule has 0 fully saturated rings. The normalized spacial score (nSPS) is 11.1. The van der Waals surface area contributed by atoms with E-state index in [0.29, 0.717) is 16.2 Å². The minimum absolute atomic E-state index is 0.0000165. The van der Waals surface area contributed by atoms with Crippen LogP contribution in [0.15, 0.2) is 48.5 Å². The van der Waals surface area contributed by atoms with Gasteiger partial charge in [0.2, 0.25) is 0 Å². The molecule has 2 N–H and O–H groups in total. The molecular formula is C20H10N8O8. The summed E-state index contributed by atoms with van der Waals surface area (Å²) in [6, 6.07) is 12.6. The Bertz CT molecular complexity index is 1710. The average molecular weight is 490 g/mol. The molecule has 0 aliphatic heterocycles. The first-order valence-corrected chi connectivity index (χ1v) is 9.89. The molecule has 36 heavy (non-hydrogen) atoms. The number of fused-ring (bicyclic) bond motifs is 2. The van der Waals surface area contributed by atoms with Crippen molar-refractivity contribution in [2.75, 3.05) is 0 Å². The lowest BCUT2D eigenvalue weighted by atomic mass is 9.90. The lowest BCUT2D eigenvalue weighted by molar-refractivity contribution is -0.392. The minimum Gasteiger partial charge on any atom is -0.358 e. The number of rotatable bonds is 6. The number of aromatic nitrogens is 4. The number of hydrogen-bond donors (Lipinski definition) is 2. The van der Waals surface area contributed by atoms with E-state index in [1.54, 1.807) is 30.3 Å². The molecule has 16 nitrogen and oxygen atoms in total. The van der Waals surface area contributed by atoms with Crippen LogP contribution in [-0.2, 0) is 0 Å². The molecule has 16 heteroatoms. The van der Waals surface area contributed by atoms with Crippen LogP contribution in [0.1, 0.15) is 0 Å². The Morgan fingerprint density at radius 2 is 1.14 bits per heavy atom. The van der Waals surface area contributed by atoms with E-state index in [1.165, 1.54) is 18.2 Å².